The van der Waals surface area contributed by atoms with Crippen LogP contribution in [0.3, 0.4) is 0 Å². The molecule has 5 heteroatoms. The Morgan fingerprint density at radius 2 is 1.85 bits per heavy atom. The number of nitrogens with one attached hydrogen (secondary N) is 1. The number of aromatic hydroxyl groups is 1. The summed E-state index contributed by atoms with van der Waals surface area (Å²) in [4.78, 5) is 11.9. The van der Waals surface area contributed by atoms with Crippen molar-refractivity contribution in [1.82, 2.24) is 5.32 Å². The van der Waals surface area contributed by atoms with E-state index in [4.69, 9.17) is 5.11 Å². The Bertz CT molecular complexity index is 644. The van der Waals surface area contributed by atoms with E-state index < -0.39 is 23.6 Å². The number of hydrogen-bond donors (Lipinski definition) is 2. The van der Waals surface area contributed by atoms with Crippen LogP contribution in [0.4, 0.5) is 8.78 Å². The molecule has 0 spiro atoms. The standard InChI is InChI=1S/C15H13F2NO2/c1-9(11-4-2-3-5-13(11)16)18-15(20)12-7-6-10(19)8-14(12)17/h2-9,19H,1H3,(H,18,20). The van der Waals surface area contributed by atoms with E-state index in [9.17, 15) is 13.6 Å². The predicted molar refractivity (Wildman–Crippen MR) is 70.3 cm³/mol. The van der Waals surface area contributed by atoms with Crippen molar-refractivity contribution >= 4 is 5.91 Å². The molecule has 0 saturated carbocycles. The van der Waals surface area contributed by atoms with Gasteiger partial charge in [0.25, 0.3) is 5.91 Å². The highest BCUT2D eigenvalue weighted by atomic mass is 19.1. The molecule has 1 amide bonds. The molecule has 2 rings (SSSR count). The molecule has 0 aliphatic carbocycles. The Labute approximate surface area is 114 Å². The summed E-state index contributed by atoms with van der Waals surface area (Å²) in [6.07, 6.45) is 0. The molecular weight excluding hydrogens is 264 g/mol. The molecule has 2 aromatic rings. The van der Waals surface area contributed by atoms with Gasteiger partial charge in [-0.15, -0.1) is 0 Å². The van der Waals surface area contributed by atoms with Crippen LogP contribution in [0, 0.1) is 11.6 Å². The molecule has 2 aromatic carbocycles. The SMILES string of the molecule is CC(NC(=O)c1ccc(O)cc1F)c1ccccc1F. The molecule has 1 atom stereocenters. The van der Waals surface area contributed by atoms with Gasteiger partial charge in [-0.25, -0.2) is 8.78 Å². The first-order valence-corrected chi connectivity index (χ1v) is 6.03. The summed E-state index contributed by atoms with van der Waals surface area (Å²) in [5, 5.41) is 11.6. The van der Waals surface area contributed by atoms with E-state index in [2.05, 4.69) is 5.32 Å². The molecule has 0 heterocycles. The van der Waals surface area contributed by atoms with Gasteiger partial charge in [0.2, 0.25) is 0 Å². The van der Waals surface area contributed by atoms with Gasteiger partial charge in [0.1, 0.15) is 17.4 Å². The number of carbonyl (C=O) groups excluding carboxylic acids is 1. The molecule has 104 valence electrons. The third-order valence-corrected chi connectivity index (χ3v) is 2.92. The summed E-state index contributed by atoms with van der Waals surface area (Å²) in [7, 11) is 0. The lowest BCUT2D eigenvalue weighted by atomic mass is 10.1. The van der Waals surface area contributed by atoms with Crippen LogP contribution in [0.1, 0.15) is 28.9 Å². The topological polar surface area (TPSA) is 49.3 Å². The zero-order chi connectivity index (χ0) is 14.7. The van der Waals surface area contributed by atoms with Gasteiger partial charge in [0.15, 0.2) is 0 Å². The van der Waals surface area contributed by atoms with E-state index >= 15 is 0 Å². The van der Waals surface area contributed by atoms with Crippen LogP contribution in [0.2, 0.25) is 0 Å². The van der Waals surface area contributed by atoms with E-state index in [1.165, 1.54) is 18.2 Å². The van der Waals surface area contributed by atoms with Crippen molar-refractivity contribution in [3.63, 3.8) is 0 Å². The Balaban J connectivity index is 2.17. The fraction of sp³-hybridized carbons (Fsp3) is 0.133. The Hall–Kier alpha value is -2.43. The molecule has 0 aliphatic rings. The van der Waals surface area contributed by atoms with Crippen LogP contribution in [0.5, 0.6) is 5.75 Å². The van der Waals surface area contributed by atoms with Crippen LogP contribution in [-0.4, -0.2) is 11.0 Å². The lowest BCUT2D eigenvalue weighted by molar-refractivity contribution is 0.0935. The molecule has 1 unspecified atom stereocenters. The predicted octanol–water partition coefficient (Wildman–Crippen LogP) is 3.16. The fourth-order valence-corrected chi connectivity index (χ4v) is 1.87. The molecule has 0 fully saturated rings. The first-order chi connectivity index (χ1) is 9.49. The number of amides is 1. The number of halogens is 2. The number of hydrogen-bond acceptors (Lipinski definition) is 2. The van der Waals surface area contributed by atoms with Gasteiger partial charge in [0.05, 0.1) is 11.6 Å². The Morgan fingerprint density at radius 3 is 2.50 bits per heavy atom. The summed E-state index contributed by atoms with van der Waals surface area (Å²) in [5.74, 6) is -2.20. The first-order valence-electron chi connectivity index (χ1n) is 6.03. The van der Waals surface area contributed by atoms with Crippen LogP contribution in [0.25, 0.3) is 0 Å². The number of benzene rings is 2. The van der Waals surface area contributed by atoms with Crippen molar-refractivity contribution in [3.05, 3.63) is 65.2 Å². The van der Waals surface area contributed by atoms with Crippen molar-refractivity contribution < 1.29 is 18.7 Å². The van der Waals surface area contributed by atoms with Gasteiger partial charge in [-0.1, -0.05) is 18.2 Å². The van der Waals surface area contributed by atoms with Gasteiger partial charge in [-0.3, -0.25) is 4.79 Å². The van der Waals surface area contributed by atoms with Crippen molar-refractivity contribution in [2.24, 2.45) is 0 Å². The third kappa shape index (κ3) is 2.93. The summed E-state index contributed by atoms with van der Waals surface area (Å²) in [6, 6.07) is 8.68. The van der Waals surface area contributed by atoms with E-state index in [1.54, 1.807) is 25.1 Å². The minimum absolute atomic E-state index is 0.203. The minimum atomic E-state index is -0.830. The van der Waals surface area contributed by atoms with E-state index in [0.29, 0.717) is 5.56 Å². The second-order valence-electron chi connectivity index (χ2n) is 4.38. The molecule has 0 aliphatic heterocycles. The van der Waals surface area contributed by atoms with Gasteiger partial charge in [-0.2, -0.15) is 0 Å². The Kier molecular flexibility index (Phi) is 3.98. The summed E-state index contributed by atoms with van der Waals surface area (Å²) in [6.45, 7) is 1.61. The zero-order valence-electron chi connectivity index (χ0n) is 10.7. The van der Waals surface area contributed by atoms with E-state index in [0.717, 1.165) is 6.07 Å². The maximum Gasteiger partial charge on any atom is 0.254 e. The maximum absolute atomic E-state index is 13.6. The highest BCUT2D eigenvalue weighted by Crippen LogP contribution is 2.19. The van der Waals surface area contributed by atoms with Crippen molar-refractivity contribution in [2.45, 2.75) is 13.0 Å². The number of phenolic OH excluding ortho intramolecular Hbond substituents is 1. The summed E-state index contributed by atoms with van der Waals surface area (Å²) >= 11 is 0. The van der Waals surface area contributed by atoms with Crippen LogP contribution >= 0.6 is 0 Å². The van der Waals surface area contributed by atoms with Gasteiger partial charge in [0, 0.05) is 11.6 Å². The van der Waals surface area contributed by atoms with Crippen molar-refractivity contribution in [2.75, 3.05) is 0 Å². The molecule has 0 bridgehead atoms. The second kappa shape index (κ2) is 5.69. The van der Waals surface area contributed by atoms with Gasteiger partial charge in [-0.05, 0) is 25.1 Å². The molecule has 0 saturated heterocycles. The monoisotopic (exact) mass is 277 g/mol. The minimum Gasteiger partial charge on any atom is -0.508 e. The van der Waals surface area contributed by atoms with Crippen LogP contribution in [0.15, 0.2) is 42.5 Å². The fourth-order valence-electron chi connectivity index (χ4n) is 1.87. The van der Waals surface area contributed by atoms with E-state index in [1.807, 2.05) is 0 Å². The van der Waals surface area contributed by atoms with Crippen molar-refractivity contribution in [3.8, 4) is 5.75 Å². The maximum atomic E-state index is 13.6. The zero-order valence-corrected chi connectivity index (χ0v) is 10.7. The Morgan fingerprint density at radius 1 is 1.15 bits per heavy atom. The number of rotatable bonds is 3. The van der Waals surface area contributed by atoms with Crippen LogP contribution in [-0.2, 0) is 0 Å². The molecule has 3 nitrogen and oxygen atoms in total. The molecule has 0 radical (unpaired) electrons. The van der Waals surface area contributed by atoms with Crippen LogP contribution < -0.4 is 5.32 Å². The lowest BCUT2D eigenvalue weighted by Gasteiger charge is -2.15. The quantitative estimate of drug-likeness (QED) is 0.905. The number of carbonyl (C=O) groups is 1. The van der Waals surface area contributed by atoms with E-state index in [-0.39, 0.29) is 11.3 Å². The van der Waals surface area contributed by atoms with Gasteiger partial charge >= 0.3 is 0 Å². The smallest absolute Gasteiger partial charge is 0.254 e. The number of phenols is 1. The molecule has 2 N–H and O–H groups in total. The summed E-state index contributed by atoms with van der Waals surface area (Å²) < 4.78 is 27.1. The summed E-state index contributed by atoms with van der Waals surface area (Å²) in [5.41, 5.74) is 0.117. The second-order valence-corrected chi connectivity index (χ2v) is 4.38. The lowest BCUT2D eigenvalue weighted by Crippen LogP contribution is -2.28. The first kappa shape index (κ1) is 14.0. The average Bonchev–Trinajstić information content (AvgIpc) is 2.38. The highest BCUT2D eigenvalue weighted by Gasteiger charge is 2.17. The normalized spacial score (nSPS) is 11.9. The van der Waals surface area contributed by atoms with Gasteiger partial charge < -0.3 is 10.4 Å². The molecular formula is C15H13F2NO2. The third-order valence-electron chi connectivity index (χ3n) is 2.92. The molecule has 0 aromatic heterocycles. The van der Waals surface area contributed by atoms with Crippen molar-refractivity contribution in [1.29, 1.82) is 0 Å². The largest absolute Gasteiger partial charge is 0.508 e. The highest BCUT2D eigenvalue weighted by molar-refractivity contribution is 5.94. The average molecular weight is 277 g/mol. The molecule has 20 heavy (non-hydrogen) atoms.